The highest BCUT2D eigenvalue weighted by molar-refractivity contribution is 7.88. The van der Waals surface area contributed by atoms with Crippen LogP contribution in [0.15, 0.2) is 47.8 Å². The minimum Gasteiger partial charge on any atom is -0.354 e. The molecular formula is C18H19N3O2S2. The molecule has 0 saturated carbocycles. The lowest BCUT2D eigenvalue weighted by Gasteiger charge is -2.34. The van der Waals surface area contributed by atoms with Gasteiger partial charge in [0.15, 0.2) is 0 Å². The lowest BCUT2D eigenvalue weighted by Crippen LogP contribution is -2.48. The topological polar surface area (TPSA) is 53.5 Å². The number of benzene rings is 1. The maximum absolute atomic E-state index is 11.7. The molecule has 2 aromatic heterocycles. The summed E-state index contributed by atoms with van der Waals surface area (Å²) in [5, 5.41) is 3.19. The highest BCUT2D eigenvalue weighted by Crippen LogP contribution is 2.32. The molecule has 1 aliphatic rings. The number of rotatable bonds is 3. The molecular weight excluding hydrogens is 354 g/mol. The molecule has 0 bridgehead atoms. The van der Waals surface area contributed by atoms with Crippen molar-refractivity contribution in [1.29, 1.82) is 0 Å². The molecule has 1 aromatic carbocycles. The van der Waals surface area contributed by atoms with E-state index in [2.05, 4.69) is 40.6 Å². The predicted molar refractivity (Wildman–Crippen MR) is 104 cm³/mol. The monoisotopic (exact) mass is 373 g/mol. The van der Waals surface area contributed by atoms with Crippen LogP contribution in [0, 0.1) is 0 Å². The van der Waals surface area contributed by atoms with Crippen molar-refractivity contribution in [3.05, 3.63) is 47.8 Å². The number of sulfonamides is 1. The number of anilines is 1. The van der Waals surface area contributed by atoms with E-state index in [-0.39, 0.29) is 0 Å². The number of thiophene rings is 1. The average molecular weight is 374 g/mol. The third kappa shape index (κ3) is 3.27. The summed E-state index contributed by atoms with van der Waals surface area (Å²) >= 11 is 1.71. The van der Waals surface area contributed by atoms with Crippen LogP contribution in [0.3, 0.4) is 0 Å². The Labute approximate surface area is 151 Å². The lowest BCUT2D eigenvalue weighted by atomic mass is 10.1. The summed E-state index contributed by atoms with van der Waals surface area (Å²) in [5.41, 5.74) is 2.14. The molecule has 4 rings (SSSR count). The molecule has 0 spiro atoms. The molecule has 0 radical (unpaired) electrons. The Bertz CT molecular complexity index is 992. The number of hydrogen-bond acceptors (Lipinski definition) is 5. The summed E-state index contributed by atoms with van der Waals surface area (Å²) in [7, 11) is -3.11. The van der Waals surface area contributed by atoms with E-state index in [9.17, 15) is 8.42 Å². The first kappa shape index (κ1) is 16.5. The lowest BCUT2D eigenvalue weighted by molar-refractivity contribution is 0.387. The Balaban J connectivity index is 1.67. The zero-order valence-electron chi connectivity index (χ0n) is 13.9. The second-order valence-electron chi connectivity index (χ2n) is 6.17. The molecule has 7 heteroatoms. The first-order chi connectivity index (χ1) is 12.0. The van der Waals surface area contributed by atoms with Gasteiger partial charge in [-0.2, -0.15) is 4.31 Å². The van der Waals surface area contributed by atoms with Crippen LogP contribution >= 0.6 is 11.3 Å². The van der Waals surface area contributed by atoms with Crippen LogP contribution in [-0.4, -0.2) is 50.1 Å². The van der Waals surface area contributed by atoms with E-state index in [1.54, 1.807) is 11.3 Å². The van der Waals surface area contributed by atoms with Gasteiger partial charge in [-0.15, -0.1) is 11.3 Å². The van der Waals surface area contributed by atoms with Crippen molar-refractivity contribution < 1.29 is 8.42 Å². The minimum absolute atomic E-state index is 0.505. The Morgan fingerprint density at radius 3 is 2.48 bits per heavy atom. The van der Waals surface area contributed by atoms with Crippen molar-refractivity contribution in [2.45, 2.75) is 0 Å². The molecule has 3 aromatic rings. The van der Waals surface area contributed by atoms with Crippen LogP contribution in [0.5, 0.6) is 0 Å². The molecule has 0 unspecified atom stereocenters. The fourth-order valence-corrected chi connectivity index (χ4v) is 4.77. The summed E-state index contributed by atoms with van der Waals surface area (Å²) < 4.78 is 24.9. The normalized spacial score (nSPS) is 16.4. The smallest absolute Gasteiger partial charge is 0.211 e. The molecule has 25 heavy (non-hydrogen) atoms. The van der Waals surface area contributed by atoms with E-state index in [0.29, 0.717) is 26.2 Å². The second kappa shape index (κ2) is 6.40. The summed E-state index contributed by atoms with van der Waals surface area (Å²) in [6.07, 6.45) is 1.27. The van der Waals surface area contributed by atoms with Gasteiger partial charge in [0.1, 0.15) is 5.82 Å². The maximum Gasteiger partial charge on any atom is 0.211 e. The molecule has 5 nitrogen and oxygen atoms in total. The van der Waals surface area contributed by atoms with Gasteiger partial charge in [0.05, 0.1) is 11.8 Å². The zero-order chi connectivity index (χ0) is 17.4. The van der Waals surface area contributed by atoms with Crippen LogP contribution in [-0.2, 0) is 10.0 Å². The van der Waals surface area contributed by atoms with Gasteiger partial charge in [0.25, 0.3) is 0 Å². The maximum atomic E-state index is 11.7. The zero-order valence-corrected chi connectivity index (χ0v) is 15.6. The fourth-order valence-electron chi connectivity index (χ4n) is 3.19. The molecule has 0 amide bonds. The first-order valence-corrected chi connectivity index (χ1v) is 10.9. The standard InChI is InChI=1S/C18H19N3O2S2/c1-25(22,23)21-11-9-20(10-12-21)17-8-7-14-4-2-5-15(18(14)19-17)16-6-3-13-24-16/h2-8,13H,9-12H2,1H3. The molecule has 130 valence electrons. The minimum atomic E-state index is -3.11. The molecule has 1 fully saturated rings. The van der Waals surface area contributed by atoms with Gasteiger partial charge < -0.3 is 4.90 Å². The number of nitrogens with zero attached hydrogens (tertiary/aromatic N) is 3. The Morgan fingerprint density at radius 1 is 1.00 bits per heavy atom. The van der Waals surface area contributed by atoms with Crippen molar-refractivity contribution in [3.8, 4) is 10.4 Å². The van der Waals surface area contributed by atoms with Gasteiger partial charge in [-0.25, -0.2) is 13.4 Å². The highest BCUT2D eigenvalue weighted by atomic mass is 32.2. The Kier molecular flexibility index (Phi) is 4.23. The highest BCUT2D eigenvalue weighted by Gasteiger charge is 2.24. The van der Waals surface area contributed by atoms with Crippen molar-refractivity contribution in [2.24, 2.45) is 0 Å². The molecule has 1 aliphatic heterocycles. The van der Waals surface area contributed by atoms with Gasteiger partial charge in [-0.1, -0.05) is 24.3 Å². The molecule has 0 atom stereocenters. The van der Waals surface area contributed by atoms with Crippen molar-refractivity contribution in [1.82, 2.24) is 9.29 Å². The van der Waals surface area contributed by atoms with E-state index in [1.807, 2.05) is 12.1 Å². The largest absolute Gasteiger partial charge is 0.354 e. The van der Waals surface area contributed by atoms with Crippen molar-refractivity contribution >= 4 is 38.1 Å². The molecule has 0 aliphatic carbocycles. The number of fused-ring (bicyclic) bond motifs is 1. The number of aromatic nitrogens is 1. The van der Waals surface area contributed by atoms with E-state index in [4.69, 9.17) is 4.98 Å². The third-order valence-corrected chi connectivity index (χ3v) is 6.73. The SMILES string of the molecule is CS(=O)(=O)N1CCN(c2ccc3cccc(-c4cccs4)c3n2)CC1. The van der Waals surface area contributed by atoms with Crippen molar-refractivity contribution in [3.63, 3.8) is 0 Å². The summed E-state index contributed by atoms with van der Waals surface area (Å²) in [6, 6.07) is 14.5. The molecule has 1 saturated heterocycles. The fraction of sp³-hybridized carbons (Fsp3) is 0.278. The number of piperazine rings is 1. The van der Waals surface area contributed by atoms with Crippen LogP contribution in [0.2, 0.25) is 0 Å². The van der Waals surface area contributed by atoms with E-state index < -0.39 is 10.0 Å². The van der Waals surface area contributed by atoms with Gasteiger partial charge in [-0.3, -0.25) is 0 Å². The molecule has 0 N–H and O–H groups in total. The quantitative estimate of drug-likeness (QED) is 0.708. The molecule has 3 heterocycles. The summed E-state index contributed by atoms with van der Waals surface area (Å²) in [6.45, 7) is 2.33. The Hall–Kier alpha value is -1.96. The number of para-hydroxylation sites is 1. The van der Waals surface area contributed by atoms with Crippen LogP contribution in [0.25, 0.3) is 21.3 Å². The summed E-state index contributed by atoms with van der Waals surface area (Å²) in [4.78, 5) is 8.27. The predicted octanol–water partition coefficient (Wildman–Crippen LogP) is 3.04. The van der Waals surface area contributed by atoms with Crippen LogP contribution < -0.4 is 4.90 Å². The summed E-state index contributed by atoms with van der Waals surface area (Å²) in [5.74, 6) is 0.907. The number of pyridine rings is 1. The van der Waals surface area contributed by atoms with Gasteiger partial charge in [0.2, 0.25) is 10.0 Å². The van der Waals surface area contributed by atoms with Gasteiger partial charge >= 0.3 is 0 Å². The third-order valence-electron chi connectivity index (χ3n) is 4.52. The first-order valence-electron chi connectivity index (χ1n) is 8.16. The number of hydrogen-bond donors (Lipinski definition) is 0. The van der Waals surface area contributed by atoms with Crippen molar-refractivity contribution in [2.75, 3.05) is 37.3 Å². The van der Waals surface area contributed by atoms with Crippen LogP contribution in [0.4, 0.5) is 5.82 Å². The van der Waals surface area contributed by atoms with Crippen LogP contribution in [0.1, 0.15) is 0 Å². The van der Waals surface area contributed by atoms with Gasteiger partial charge in [-0.05, 0) is 23.6 Å². The van der Waals surface area contributed by atoms with E-state index in [1.165, 1.54) is 15.4 Å². The average Bonchev–Trinajstić information content (AvgIpc) is 3.14. The van der Waals surface area contributed by atoms with E-state index >= 15 is 0 Å². The Morgan fingerprint density at radius 2 is 1.80 bits per heavy atom. The van der Waals surface area contributed by atoms with E-state index in [0.717, 1.165) is 22.3 Å². The second-order valence-corrected chi connectivity index (χ2v) is 9.10. The van der Waals surface area contributed by atoms with Gasteiger partial charge in [0, 0.05) is 42.0 Å².